The Kier molecular flexibility index (Phi) is 5.03. The second kappa shape index (κ2) is 7.16. The molecule has 1 aromatic carbocycles. The molecule has 0 saturated heterocycles. The molecule has 0 radical (unpaired) electrons. The zero-order valence-corrected chi connectivity index (χ0v) is 12.2. The highest BCUT2D eigenvalue weighted by molar-refractivity contribution is 5.96. The number of carbonyl (C=O) groups excluding carboxylic acids is 1. The van der Waals surface area contributed by atoms with Gasteiger partial charge in [-0.15, -0.1) is 0 Å². The molecule has 0 amide bonds. The molecule has 1 heterocycles. The predicted molar refractivity (Wildman–Crippen MR) is 76.4 cm³/mol. The number of aliphatic carboxylic acids is 1. The van der Waals surface area contributed by atoms with Gasteiger partial charge >= 0.3 is 0 Å². The van der Waals surface area contributed by atoms with Crippen LogP contribution in [0.3, 0.4) is 0 Å². The van der Waals surface area contributed by atoms with Crippen molar-refractivity contribution in [2.24, 2.45) is 0 Å². The standard InChI is InChI=1S/C16H10F2N4O2/c17-13-3-2-10(7-14(13)18)15-12(6-11(8-20)16(23)24)9-22(21-15)5-1-4-19/h2-3,6-7,9H,1,5H2,(H,23,24)/p-1/b11-6-. The highest BCUT2D eigenvalue weighted by Crippen LogP contribution is 2.26. The highest BCUT2D eigenvalue weighted by atomic mass is 19.2. The molecular weight excluding hydrogens is 318 g/mol. The Morgan fingerprint density at radius 2 is 2.08 bits per heavy atom. The number of carbonyl (C=O) groups is 1. The molecule has 2 aromatic rings. The third-order valence-corrected chi connectivity index (χ3v) is 3.08. The van der Waals surface area contributed by atoms with Crippen molar-refractivity contribution in [2.75, 3.05) is 0 Å². The van der Waals surface area contributed by atoms with Crippen LogP contribution in [0.2, 0.25) is 0 Å². The zero-order chi connectivity index (χ0) is 17.7. The second-order valence-corrected chi connectivity index (χ2v) is 4.69. The first-order valence-corrected chi connectivity index (χ1v) is 6.69. The Bertz CT molecular complexity index is 904. The largest absolute Gasteiger partial charge is 0.544 e. The van der Waals surface area contributed by atoms with Crippen molar-refractivity contribution < 1.29 is 18.7 Å². The van der Waals surface area contributed by atoms with Gasteiger partial charge in [-0.05, 0) is 24.3 Å². The van der Waals surface area contributed by atoms with Crippen molar-refractivity contribution in [1.82, 2.24) is 9.78 Å². The van der Waals surface area contributed by atoms with E-state index >= 15 is 0 Å². The van der Waals surface area contributed by atoms with Crippen LogP contribution < -0.4 is 5.11 Å². The summed E-state index contributed by atoms with van der Waals surface area (Å²) in [5.74, 6) is -3.79. The van der Waals surface area contributed by atoms with Crippen molar-refractivity contribution in [2.45, 2.75) is 13.0 Å². The molecule has 0 bridgehead atoms. The van der Waals surface area contributed by atoms with E-state index in [0.29, 0.717) is 0 Å². The summed E-state index contributed by atoms with van der Waals surface area (Å²) < 4.78 is 27.9. The molecule has 8 heteroatoms. The molecule has 0 spiro atoms. The molecular formula is C16H9F2N4O2-. The molecule has 0 aliphatic carbocycles. The number of carboxylic acids is 1. The minimum Gasteiger partial charge on any atom is -0.544 e. The van der Waals surface area contributed by atoms with Crippen LogP contribution in [0.5, 0.6) is 0 Å². The normalized spacial score (nSPS) is 10.9. The Balaban J connectivity index is 2.58. The topological polar surface area (TPSA) is 106 Å². The predicted octanol–water partition coefficient (Wildman–Crippen LogP) is 1.40. The summed E-state index contributed by atoms with van der Waals surface area (Å²) >= 11 is 0. The van der Waals surface area contributed by atoms with Gasteiger partial charge in [0.15, 0.2) is 11.6 Å². The van der Waals surface area contributed by atoms with Crippen molar-refractivity contribution in [3.8, 4) is 23.4 Å². The average Bonchev–Trinajstić information content (AvgIpc) is 2.95. The van der Waals surface area contributed by atoms with Gasteiger partial charge in [0.05, 0.1) is 36.3 Å². The first-order chi connectivity index (χ1) is 11.5. The number of nitrogens with zero attached hydrogens (tertiary/aromatic N) is 4. The summed E-state index contributed by atoms with van der Waals surface area (Å²) in [5, 5.41) is 32.5. The number of halogens is 2. The van der Waals surface area contributed by atoms with Gasteiger partial charge in [-0.2, -0.15) is 15.6 Å². The zero-order valence-electron chi connectivity index (χ0n) is 12.2. The fraction of sp³-hybridized carbons (Fsp3) is 0.125. The first kappa shape index (κ1) is 16.8. The van der Waals surface area contributed by atoms with E-state index in [1.54, 1.807) is 0 Å². The molecule has 0 aliphatic heterocycles. The number of hydrogen-bond donors (Lipinski definition) is 0. The molecule has 0 N–H and O–H groups in total. The second-order valence-electron chi connectivity index (χ2n) is 4.69. The fourth-order valence-electron chi connectivity index (χ4n) is 1.98. The van der Waals surface area contributed by atoms with Gasteiger partial charge in [-0.25, -0.2) is 8.78 Å². The van der Waals surface area contributed by atoms with Crippen LogP contribution >= 0.6 is 0 Å². The van der Waals surface area contributed by atoms with Crippen molar-refractivity contribution in [1.29, 1.82) is 10.5 Å². The summed E-state index contributed by atoms with van der Waals surface area (Å²) in [6.45, 7) is 0.216. The smallest absolute Gasteiger partial charge is 0.159 e. The van der Waals surface area contributed by atoms with Gasteiger partial charge < -0.3 is 9.90 Å². The van der Waals surface area contributed by atoms with E-state index in [9.17, 15) is 18.7 Å². The number of aryl methyl sites for hydroxylation is 1. The lowest BCUT2D eigenvalue weighted by Crippen LogP contribution is -2.23. The summed E-state index contributed by atoms with van der Waals surface area (Å²) in [6.07, 6.45) is 2.59. The number of aromatic nitrogens is 2. The maximum atomic E-state index is 13.4. The van der Waals surface area contributed by atoms with Gasteiger partial charge in [0.1, 0.15) is 6.07 Å². The van der Waals surface area contributed by atoms with Gasteiger partial charge in [0, 0.05) is 17.3 Å². The number of rotatable bonds is 5. The molecule has 0 unspecified atom stereocenters. The number of benzene rings is 1. The molecule has 24 heavy (non-hydrogen) atoms. The summed E-state index contributed by atoms with van der Waals surface area (Å²) in [7, 11) is 0. The van der Waals surface area contributed by atoms with E-state index in [2.05, 4.69) is 5.10 Å². The summed E-state index contributed by atoms with van der Waals surface area (Å²) in [5.41, 5.74) is -0.0781. The van der Waals surface area contributed by atoms with Crippen molar-refractivity contribution in [3.05, 3.63) is 47.2 Å². The first-order valence-electron chi connectivity index (χ1n) is 6.69. The molecule has 0 saturated carbocycles. The number of carboxylic acid groups (broad SMARTS) is 1. The molecule has 0 fully saturated rings. The Morgan fingerprint density at radius 3 is 2.67 bits per heavy atom. The molecule has 120 valence electrons. The van der Waals surface area contributed by atoms with Crippen molar-refractivity contribution >= 4 is 12.0 Å². The SMILES string of the molecule is N#CCCn1cc(/C=C(/C#N)C(=O)[O-])c(-c2ccc(F)c(F)c2)n1. The fourth-order valence-corrected chi connectivity index (χ4v) is 1.98. The highest BCUT2D eigenvalue weighted by Gasteiger charge is 2.13. The molecule has 1 aromatic heterocycles. The van der Waals surface area contributed by atoms with Gasteiger partial charge in [-0.3, -0.25) is 4.68 Å². The summed E-state index contributed by atoms with van der Waals surface area (Å²) in [4.78, 5) is 10.9. The third-order valence-electron chi connectivity index (χ3n) is 3.08. The maximum Gasteiger partial charge on any atom is 0.159 e. The summed E-state index contributed by atoms with van der Waals surface area (Å²) in [6, 6.07) is 6.51. The lowest BCUT2D eigenvalue weighted by molar-refractivity contribution is -0.298. The molecule has 0 atom stereocenters. The van der Waals surface area contributed by atoms with E-state index in [4.69, 9.17) is 10.5 Å². The lowest BCUT2D eigenvalue weighted by atomic mass is 10.1. The monoisotopic (exact) mass is 327 g/mol. The Morgan fingerprint density at radius 1 is 1.33 bits per heavy atom. The average molecular weight is 327 g/mol. The van der Waals surface area contributed by atoms with Crippen LogP contribution in [0.15, 0.2) is 30.0 Å². The molecule has 6 nitrogen and oxygen atoms in total. The van der Waals surface area contributed by atoms with Crippen LogP contribution in [0.1, 0.15) is 12.0 Å². The van der Waals surface area contributed by atoms with Crippen LogP contribution in [-0.4, -0.2) is 15.7 Å². The minimum absolute atomic E-state index is 0.146. The number of hydrogen-bond acceptors (Lipinski definition) is 5. The van der Waals surface area contributed by atoms with E-state index in [1.807, 2.05) is 6.07 Å². The van der Waals surface area contributed by atoms with Gasteiger partial charge in [-0.1, -0.05) is 0 Å². The Labute approximate surface area is 135 Å². The maximum absolute atomic E-state index is 13.4. The van der Waals surface area contributed by atoms with E-state index in [1.165, 1.54) is 23.0 Å². The third kappa shape index (κ3) is 3.62. The molecule has 2 rings (SSSR count). The number of nitriles is 2. The van der Waals surface area contributed by atoms with E-state index in [-0.39, 0.29) is 29.8 Å². The van der Waals surface area contributed by atoms with Gasteiger partial charge in [0.25, 0.3) is 0 Å². The van der Waals surface area contributed by atoms with E-state index in [0.717, 1.165) is 18.2 Å². The van der Waals surface area contributed by atoms with E-state index < -0.39 is 23.2 Å². The van der Waals surface area contributed by atoms with Crippen LogP contribution in [0.25, 0.3) is 17.3 Å². The Hall–Kier alpha value is -3.52. The van der Waals surface area contributed by atoms with Crippen LogP contribution in [0.4, 0.5) is 8.78 Å². The molecule has 0 aliphatic rings. The van der Waals surface area contributed by atoms with Crippen LogP contribution in [-0.2, 0) is 11.3 Å². The van der Waals surface area contributed by atoms with Crippen LogP contribution in [0, 0.1) is 34.3 Å². The minimum atomic E-state index is -1.67. The quantitative estimate of drug-likeness (QED) is 0.609. The lowest BCUT2D eigenvalue weighted by Gasteiger charge is -2.02. The van der Waals surface area contributed by atoms with Gasteiger partial charge in [0.2, 0.25) is 0 Å². The van der Waals surface area contributed by atoms with Crippen molar-refractivity contribution in [3.63, 3.8) is 0 Å².